The maximum absolute atomic E-state index is 6.17. The zero-order valence-electron chi connectivity index (χ0n) is 14.1. The smallest absolute Gasteiger partial charge is 0.0308 e. The molecular formula is C18H31N3. The average molecular weight is 289 g/mol. The van der Waals surface area contributed by atoms with Crippen LogP contribution in [0.4, 0.5) is 0 Å². The fourth-order valence-electron chi connectivity index (χ4n) is 3.15. The number of piperazine rings is 1. The molecule has 0 aliphatic carbocycles. The Morgan fingerprint density at radius 2 is 1.86 bits per heavy atom. The van der Waals surface area contributed by atoms with Crippen molar-refractivity contribution in [1.82, 2.24) is 9.80 Å². The summed E-state index contributed by atoms with van der Waals surface area (Å²) < 4.78 is 0. The molecule has 0 radical (unpaired) electrons. The van der Waals surface area contributed by atoms with Crippen LogP contribution in [0.15, 0.2) is 30.3 Å². The van der Waals surface area contributed by atoms with Crippen LogP contribution in [0.3, 0.4) is 0 Å². The van der Waals surface area contributed by atoms with Gasteiger partial charge < -0.3 is 5.73 Å². The van der Waals surface area contributed by atoms with E-state index >= 15 is 0 Å². The van der Waals surface area contributed by atoms with Gasteiger partial charge in [-0.3, -0.25) is 9.80 Å². The third kappa shape index (κ3) is 3.85. The molecule has 1 aromatic carbocycles. The fraction of sp³-hybridized carbons (Fsp3) is 0.667. The Morgan fingerprint density at radius 1 is 1.19 bits per heavy atom. The molecule has 3 nitrogen and oxygen atoms in total. The minimum Gasteiger partial charge on any atom is -0.329 e. The first-order valence-electron chi connectivity index (χ1n) is 8.08. The Balaban J connectivity index is 2.03. The van der Waals surface area contributed by atoms with Crippen molar-refractivity contribution in [2.24, 2.45) is 5.73 Å². The largest absolute Gasteiger partial charge is 0.329 e. The van der Waals surface area contributed by atoms with Gasteiger partial charge in [0.25, 0.3) is 0 Å². The van der Waals surface area contributed by atoms with Crippen LogP contribution in [0.25, 0.3) is 0 Å². The lowest BCUT2D eigenvalue weighted by Crippen LogP contribution is -2.64. The van der Waals surface area contributed by atoms with Gasteiger partial charge in [0.15, 0.2) is 0 Å². The second kappa shape index (κ2) is 6.47. The lowest BCUT2D eigenvalue weighted by Gasteiger charge is -2.52. The Kier molecular flexibility index (Phi) is 5.07. The third-order valence-electron chi connectivity index (χ3n) is 5.31. The van der Waals surface area contributed by atoms with Crippen molar-refractivity contribution in [2.45, 2.75) is 44.7 Å². The van der Waals surface area contributed by atoms with Crippen LogP contribution in [0, 0.1) is 0 Å². The van der Waals surface area contributed by atoms with E-state index in [1.165, 1.54) is 5.56 Å². The Labute approximate surface area is 130 Å². The summed E-state index contributed by atoms with van der Waals surface area (Å²) in [6.07, 6.45) is 2.22. The van der Waals surface area contributed by atoms with Crippen molar-refractivity contribution >= 4 is 0 Å². The van der Waals surface area contributed by atoms with Gasteiger partial charge in [-0.1, -0.05) is 30.3 Å². The molecule has 0 bridgehead atoms. The molecule has 1 heterocycles. The average Bonchev–Trinajstić information content (AvgIpc) is 2.48. The maximum Gasteiger partial charge on any atom is 0.0308 e. The molecule has 1 aliphatic rings. The summed E-state index contributed by atoms with van der Waals surface area (Å²) in [5.41, 5.74) is 7.89. The lowest BCUT2D eigenvalue weighted by molar-refractivity contribution is -0.0182. The minimum absolute atomic E-state index is 0.0916. The first-order chi connectivity index (χ1) is 9.87. The summed E-state index contributed by atoms with van der Waals surface area (Å²) in [5, 5.41) is 0. The molecule has 0 spiro atoms. The predicted molar refractivity (Wildman–Crippen MR) is 90.5 cm³/mol. The molecule has 1 atom stereocenters. The van der Waals surface area contributed by atoms with Crippen LogP contribution in [0.5, 0.6) is 0 Å². The second-order valence-electron chi connectivity index (χ2n) is 7.34. The van der Waals surface area contributed by atoms with Crippen LogP contribution < -0.4 is 5.73 Å². The second-order valence-corrected chi connectivity index (χ2v) is 7.34. The third-order valence-corrected chi connectivity index (χ3v) is 5.31. The van der Waals surface area contributed by atoms with E-state index in [-0.39, 0.29) is 11.1 Å². The van der Waals surface area contributed by atoms with Gasteiger partial charge in [-0.25, -0.2) is 0 Å². The number of aryl methyl sites for hydroxylation is 1. The maximum atomic E-state index is 6.17. The molecule has 1 aromatic rings. The topological polar surface area (TPSA) is 32.5 Å². The van der Waals surface area contributed by atoms with Crippen molar-refractivity contribution in [3.63, 3.8) is 0 Å². The van der Waals surface area contributed by atoms with E-state index in [2.05, 4.69) is 68.0 Å². The Morgan fingerprint density at radius 3 is 2.43 bits per heavy atom. The van der Waals surface area contributed by atoms with Crippen molar-refractivity contribution in [3.8, 4) is 0 Å². The number of hydrogen-bond acceptors (Lipinski definition) is 3. The minimum atomic E-state index is 0.0916. The number of rotatable bonds is 5. The quantitative estimate of drug-likeness (QED) is 0.903. The first-order valence-corrected chi connectivity index (χ1v) is 8.08. The molecule has 2 rings (SSSR count). The number of nitrogens with two attached hydrogens (primary N) is 1. The molecule has 2 N–H and O–H groups in total. The summed E-state index contributed by atoms with van der Waals surface area (Å²) in [6, 6.07) is 10.7. The number of nitrogens with zero attached hydrogens (tertiary/aromatic N) is 2. The Hall–Kier alpha value is -0.900. The number of benzene rings is 1. The Bertz CT molecular complexity index is 443. The van der Waals surface area contributed by atoms with Gasteiger partial charge >= 0.3 is 0 Å². The van der Waals surface area contributed by atoms with Gasteiger partial charge in [-0.2, -0.15) is 0 Å². The van der Waals surface area contributed by atoms with Crippen LogP contribution in [-0.4, -0.2) is 54.1 Å². The van der Waals surface area contributed by atoms with Gasteiger partial charge in [-0.15, -0.1) is 0 Å². The van der Waals surface area contributed by atoms with E-state index in [9.17, 15) is 0 Å². The molecular weight excluding hydrogens is 258 g/mol. The summed E-state index contributed by atoms with van der Waals surface area (Å²) >= 11 is 0. The summed E-state index contributed by atoms with van der Waals surface area (Å²) in [4.78, 5) is 5.06. The van der Waals surface area contributed by atoms with E-state index in [4.69, 9.17) is 5.73 Å². The van der Waals surface area contributed by atoms with E-state index in [0.717, 1.165) is 39.0 Å². The highest BCUT2D eigenvalue weighted by Gasteiger charge is 2.38. The molecule has 1 unspecified atom stereocenters. The van der Waals surface area contributed by atoms with Gasteiger partial charge in [0.05, 0.1) is 0 Å². The summed E-state index contributed by atoms with van der Waals surface area (Å²) in [5.74, 6) is 0. The fourth-order valence-corrected chi connectivity index (χ4v) is 3.15. The standard InChI is InChI=1S/C18H31N3/c1-17(2)15-21(13-12-20(17)4)18(3,14-19)11-10-16-8-6-5-7-9-16/h5-9H,10-15,19H2,1-4H3. The molecule has 1 saturated heterocycles. The molecule has 3 heteroatoms. The molecule has 1 fully saturated rings. The van der Waals surface area contributed by atoms with Crippen molar-refractivity contribution in [1.29, 1.82) is 0 Å². The van der Waals surface area contributed by atoms with E-state index in [1.807, 2.05) is 0 Å². The monoisotopic (exact) mass is 289 g/mol. The van der Waals surface area contributed by atoms with Gasteiger partial charge in [0, 0.05) is 37.3 Å². The van der Waals surface area contributed by atoms with Gasteiger partial charge in [0.2, 0.25) is 0 Å². The van der Waals surface area contributed by atoms with Crippen LogP contribution >= 0.6 is 0 Å². The predicted octanol–water partition coefficient (Wildman–Crippen LogP) is 2.36. The molecule has 0 amide bonds. The number of likely N-dealkylation sites (N-methyl/N-ethyl adjacent to an activating group) is 1. The highest BCUT2D eigenvalue weighted by molar-refractivity contribution is 5.15. The van der Waals surface area contributed by atoms with Crippen molar-refractivity contribution < 1.29 is 0 Å². The first kappa shape index (κ1) is 16.5. The van der Waals surface area contributed by atoms with E-state index in [1.54, 1.807) is 0 Å². The SMILES string of the molecule is CN1CCN(C(C)(CN)CCc2ccccc2)CC1(C)C. The highest BCUT2D eigenvalue weighted by Crippen LogP contribution is 2.28. The van der Waals surface area contributed by atoms with Crippen molar-refractivity contribution in [2.75, 3.05) is 33.2 Å². The highest BCUT2D eigenvalue weighted by atomic mass is 15.3. The van der Waals surface area contributed by atoms with Crippen LogP contribution in [0.1, 0.15) is 32.8 Å². The normalized spacial score (nSPS) is 22.9. The van der Waals surface area contributed by atoms with Gasteiger partial charge in [-0.05, 0) is 46.2 Å². The van der Waals surface area contributed by atoms with E-state index < -0.39 is 0 Å². The zero-order valence-corrected chi connectivity index (χ0v) is 14.1. The van der Waals surface area contributed by atoms with Crippen LogP contribution in [-0.2, 0) is 6.42 Å². The lowest BCUT2D eigenvalue weighted by atomic mass is 9.87. The summed E-state index contributed by atoms with van der Waals surface area (Å²) in [6.45, 7) is 11.0. The van der Waals surface area contributed by atoms with Gasteiger partial charge in [0.1, 0.15) is 0 Å². The molecule has 0 saturated carbocycles. The zero-order chi connectivity index (χ0) is 15.5. The van der Waals surface area contributed by atoms with E-state index in [0.29, 0.717) is 0 Å². The van der Waals surface area contributed by atoms with Crippen LogP contribution in [0.2, 0.25) is 0 Å². The molecule has 1 aliphatic heterocycles. The molecule has 21 heavy (non-hydrogen) atoms. The molecule has 118 valence electrons. The molecule has 0 aromatic heterocycles. The van der Waals surface area contributed by atoms with Crippen molar-refractivity contribution in [3.05, 3.63) is 35.9 Å². The summed E-state index contributed by atoms with van der Waals surface area (Å²) in [7, 11) is 2.22. The number of hydrogen-bond donors (Lipinski definition) is 1.